The van der Waals surface area contributed by atoms with Gasteiger partial charge in [0, 0.05) is 13.0 Å². The monoisotopic (exact) mass is 279 g/mol. The van der Waals surface area contributed by atoms with Crippen LogP contribution in [0.2, 0.25) is 0 Å². The van der Waals surface area contributed by atoms with Gasteiger partial charge in [-0.3, -0.25) is 0 Å². The van der Waals surface area contributed by atoms with Gasteiger partial charge in [-0.05, 0) is 11.4 Å². The lowest BCUT2D eigenvalue weighted by Crippen LogP contribution is -2.50. The van der Waals surface area contributed by atoms with Crippen LogP contribution in [0.4, 0.5) is 5.82 Å². The highest BCUT2D eigenvalue weighted by atomic mass is 32.1. The Morgan fingerprint density at radius 1 is 1.47 bits per heavy atom. The Bertz CT molecular complexity index is 575. The summed E-state index contributed by atoms with van der Waals surface area (Å²) >= 11 is 1.62. The Hall–Kier alpha value is -1.24. The fourth-order valence-corrected chi connectivity index (χ4v) is 2.89. The summed E-state index contributed by atoms with van der Waals surface area (Å²) in [6.45, 7) is 4.07. The maximum atomic E-state index is 9.44. The van der Waals surface area contributed by atoms with Crippen molar-refractivity contribution in [3.05, 3.63) is 17.3 Å². The highest BCUT2D eigenvalue weighted by Gasteiger charge is 2.38. The first-order chi connectivity index (χ1) is 9.26. The second-order valence-electron chi connectivity index (χ2n) is 4.99. The number of aliphatic hydroxyl groups excluding tert-OH is 1. The molecule has 19 heavy (non-hydrogen) atoms. The molecule has 2 N–H and O–H groups in total. The van der Waals surface area contributed by atoms with Gasteiger partial charge < -0.3 is 15.2 Å². The highest BCUT2D eigenvalue weighted by molar-refractivity contribution is 7.16. The molecule has 1 saturated heterocycles. The third-order valence-electron chi connectivity index (χ3n) is 3.47. The molecular formula is C13H17N3O2S. The second kappa shape index (κ2) is 5.03. The summed E-state index contributed by atoms with van der Waals surface area (Å²) in [5.41, 5.74) is -0.153. The van der Waals surface area contributed by atoms with E-state index in [1.807, 2.05) is 18.4 Å². The molecule has 2 aromatic rings. The maximum absolute atomic E-state index is 9.44. The van der Waals surface area contributed by atoms with E-state index in [-0.39, 0.29) is 12.0 Å². The Balaban J connectivity index is 1.85. The standard InChI is InChI=1S/C13H17N3O2S/c1-2-10-15-11(9-3-4-19-12(9)16-10)14-5-13(6-17)7-18-8-13/h3-4,17H,2,5-8H2,1H3,(H,14,15,16). The lowest BCUT2D eigenvalue weighted by molar-refractivity contribution is -0.128. The molecule has 0 unspecified atom stereocenters. The molecule has 1 aliphatic rings. The van der Waals surface area contributed by atoms with Crippen molar-refractivity contribution >= 4 is 27.4 Å². The lowest BCUT2D eigenvalue weighted by Gasteiger charge is -2.40. The first-order valence-corrected chi connectivity index (χ1v) is 7.31. The zero-order valence-corrected chi connectivity index (χ0v) is 11.7. The summed E-state index contributed by atoms with van der Waals surface area (Å²) in [5.74, 6) is 1.71. The number of aryl methyl sites for hydroxylation is 1. The summed E-state index contributed by atoms with van der Waals surface area (Å²) in [5, 5.41) is 15.9. The fraction of sp³-hybridized carbons (Fsp3) is 0.538. The zero-order chi connectivity index (χ0) is 13.3. The van der Waals surface area contributed by atoms with Crippen LogP contribution in [0.3, 0.4) is 0 Å². The molecule has 102 valence electrons. The van der Waals surface area contributed by atoms with E-state index < -0.39 is 0 Å². The first-order valence-electron chi connectivity index (χ1n) is 6.43. The van der Waals surface area contributed by atoms with E-state index in [2.05, 4.69) is 15.3 Å². The number of rotatable bonds is 5. The van der Waals surface area contributed by atoms with Crippen molar-refractivity contribution in [3.8, 4) is 0 Å². The van der Waals surface area contributed by atoms with Crippen LogP contribution in [0.25, 0.3) is 10.2 Å². The quantitative estimate of drug-likeness (QED) is 0.871. The third-order valence-corrected chi connectivity index (χ3v) is 4.28. The first kappa shape index (κ1) is 12.8. The van der Waals surface area contributed by atoms with E-state index in [1.54, 1.807) is 11.3 Å². The van der Waals surface area contributed by atoms with Gasteiger partial charge in [0.15, 0.2) is 0 Å². The molecule has 6 heteroatoms. The SMILES string of the molecule is CCc1nc(NCC2(CO)COC2)c2ccsc2n1. The number of anilines is 1. The van der Waals surface area contributed by atoms with Gasteiger partial charge in [-0.25, -0.2) is 9.97 Å². The third kappa shape index (κ3) is 2.31. The van der Waals surface area contributed by atoms with Crippen LogP contribution in [-0.4, -0.2) is 41.4 Å². The van der Waals surface area contributed by atoms with Crippen molar-refractivity contribution in [1.82, 2.24) is 9.97 Å². The lowest BCUT2D eigenvalue weighted by atomic mass is 9.87. The Kier molecular flexibility index (Phi) is 3.38. The Morgan fingerprint density at radius 3 is 2.95 bits per heavy atom. The Morgan fingerprint density at radius 2 is 2.32 bits per heavy atom. The van der Waals surface area contributed by atoms with E-state index in [0.29, 0.717) is 19.8 Å². The molecule has 0 saturated carbocycles. The summed E-state index contributed by atoms with van der Waals surface area (Å²) in [7, 11) is 0. The molecule has 2 aromatic heterocycles. The molecular weight excluding hydrogens is 262 g/mol. The van der Waals surface area contributed by atoms with E-state index in [4.69, 9.17) is 4.74 Å². The average molecular weight is 279 g/mol. The minimum absolute atomic E-state index is 0.137. The van der Waals surface area contributed by atoms with E-state index in [1.165, 1.54) is 0 Å². The van der Waals surface area contributed by atoms with Crippen molar-refractivity contribution in [1.29, 1.82) is 0 Å². The van der Waals surface area contributed by atoms with Gasteiger partial charge in [0.05, 0.1) is 30.6 Å². The number of aromatic nitrogens is 2. The summed E-state index contributed by atoms with van der Waals surface area (Å²) in [6.07, 6.45) is 0.816. The number of aliphatic hydroxyl groups is 1. The highest BCUT2D eigenvalue weighted by Crippen LogP contribution is 2.29. The van der Waals surface area contributed by atoms with Crippen molar-refractivity contribution < 1.29 is 9.84 Å². The molecule has 0 radical (unpaired) electrons. The van der Waals surface area contributed by atoms with Gasteiger partial charge in [-0.1, -0.05) is 6.92 Å². The number of thiophene rings is 1. The van der Waals surface area contributed by atoms with E-state index >= 15 is 0 Å². The molecule has 0 spiro atoms. The fourth-order valence-electron chi connectivity index (χ4n) is 2.10. The molecule has 1 aliphatic heterocycles. The smallest absolute Gasteiger partial charge is 0.138 e. The van der Waals surface area contributed by atoms with E-state index in [0.717, 1.165) is 28.3 Å². The minimum Gasteiger partial charge on any atom is -0.396 e. The molecule has 3 heterocycles. The number of nitrogens with zero attached hydrogens (tertiary/aromatic N) is 2. The maximum Gasteiger partial charge on any atom is 0.138 e. The van der Waals surface area contributed by atoms with Gasteiger partial charge in [-0.15, -0.1) is 11.3 Å². The van der Waals surface area contributed by atoms with Crippen LogP contribution in [0.15, 0.2) is 11.4 Å². The number of hydrogen-bond donors (Lipinski definition) is 2. The van der Waals surface area contributed by atoms with Crippen LogP contribution >= 0.6 is 11.3 Å². The summed E-state index contributed by atoms with van der Waals surface area (Å²) < 4.78 is 5.20. The molecule has 5 nitrogen and oxygen atoms in total. The van der Waals surface area contributed by atoms with Gasteiger partial charge in [0.1, 0.15) is 16.5 Å². The Labute approximate surface area is 115 Å². The van der Waals surface area contributed by atoms with Gasteiger partial charge in [-0.2, -0.15) is 0 Å². The predicted octanol–water partition coefficient (Wildman–Crippen LogP) is 1.67. The number of ether oxygens (including phenoxy) is 1. The molecule has 1 fully saturated rings. The molecule has 0 aliphatic carbocycles. The zero-order valence-electron chi connectivity index (χ0n) is 10.8. The predicted molar refractivity (Wildman–Crippen MR) is 75.6 cm³/mol. The summed E-state index contributed by atoms with van der Waals surface area (Å²) in [6, 6.07) is 2.03. The van der Waals surface area contributed by atoms with Gasteiger partial charge in [0.25, 0.3) is 0 Å². The largest absolute Gasteiger partial charge is 0.396 e. The van der Waals surface area contributed by atoms with Gasteiger partial charge in [0.2, 0.25) is 0 Å². The summed E-state index contributed by atoms with van der Waals surface area (Å²) in [4.78, 5) is 10.1. The molecule has 0 bridgehead atoms. The van der Waals surface area contributed by atoms with Crippen molar-refractivity contribution in [2.24, 2.45) is 5.41 Å². The average Bonchev–Trinajstić information content (AvgIpc) is 2.85. The van der Waals surface area contributed by atoms with Crippen LogP contribution < -0.4 is 5.32 Å². The number of fused-ring (bicyclic) bond motifs is 1. The molecule has 3 rings (SSSR count). The number of nitrogens with one attached hydrogen (secondary N) is 1. The minimum atomic E-state index is -0.153. The topological polar surface area (TPSA) is 67.3 Å². The van der Waals surface area contributed by atoms with Crippen LogP contribution in [0.1, 0.15) is 12.7 Å². The number of hydrogen-bond acceptors (Lipinski definition) is 6. The van der Waals surface area contributed by atoms with E-state index in [9.17, 15) is 5.11 Å². The van der Waals surface area contributed by atoms with Crippen molar-refractivity contribution in [2.45, 2.75) is 13.3 Å². The van der Waals surface area contributed by atoms with Crippen LogP contribution in [0, 0.1) is 5.41 Å². The van der Waals surface area contributed by atoms with Crippen LogP contribution in [0.5, 0.6) is 0 Å². The van der Waals surface area contributed by atoms with Crippen molar-refractivity contribution in [3.63, 3.8) is 0 Å². The van der Waals surface area contributed by atoms with Crippen molar-refractivity contribution in [2.75, 3.05) is 31.7 Å². The normalized spacial score (nSPS) is 17.4. The van der Waals surface area contributed by atoms with Gasteiger partial charge >= 0.3 is 0 Å². The molecule has 0 amide bonds. The van der Waals surface area contributed by atoms with Crippen LogP contribution in [-0.2, 0) is 11.2 Å². The molecule has 0 aromatic carbocycles. The second-order valence-corrected chi connectivity index (χ2v) is 5.88. The molecule has 0 atom stereocenters.